The molecule has 0 bridgehead atoms. The summed E-state index contributed by atoms with van der Waals surface area (Å²) in [6, 6.07) is 6.93. The number of nitrogens with one attached hydrogen (secondary N) is 1. The van der Waals surface area contributed by atoms with Gasteiger partial charge in [-0.25, -0.2) is 5.43 Å². The van der Waals surface area contributed by atoms with Crippen LogP contribution in [0.1, 0.15) is 37.0 Å². The number of hydrogen-bond acceptors (Lipinski definition) is 2. The van der Waals surface area contributed by atoms with Crippen molar-refractivity contribution in [2.75, 3.05) is 0 Å². The van der Waals surface area contributed by atoms with Gasteiger partial charge in [-0.1, -0.05) is 42.0 Å². The third-order valence-electron chi connectivity index (χ3n) is 3.71. The number of hydrogen-bond donors (Lipinski definition) is 1. The van der Waals surface area contributed by atoms with Crippen molar-refractivity contribution in [3.05, 3.63) is 58.7 Å². The number of halogens is 1. The summed E-state index contributed by atoms with van der Waals surface area (Å²) in [7, 11) is 0. The molecule has 0 unspecified atom stereocenters. The largest absolute Gasteiger partial charge is 0.272 e. The zero-order valence-corrected chi connectivity index (χ0v) is 13.1. The summed E-state index contributed by atoms with van der Waals surface area (Å²) in [5, 5.41) is 4.69. The molecule has 0 fully saturated rings. The van der Waals surface area contributed by atoms with Gasteiger partial charge in [-0.3, -0.25) is 4.79 Å². The van der Waals surface area contributed by atoms with Gasteiger partial charge in [0.15, 0.2) is 0 Å². The normalized spacial score (nSPS) is 20.0. The molecule has 0 aromatic heterocycles. The van der Waals surface area contributed by atoms with Crippen LogP contribution in [-0.2, 0) is 0 Å². The van der Waals surface area contributed by atoms with Crippen LogP contribution in [0.5, 0.6) is 0 Å². The average Bonchev–Trinajstić information content (AvgIpc) is 2.46. The van der Waals surface area contributed by atoms with Crippen molar-refractivity contribution in [3.8, 4) is 0 Å². The molecule has 1 amide bonds. The van der Waals surface area contributed by atoms with Crippen molar-refractivity contribution in [1.29, 1.82) is 0 Å². The fraction of sp³-hybridized carbons (Fsp3) is 0.294. The van der Waals surface area contributed by atoms with Crippen LogP contribution in [0.25, 0.3) is 0 Å². The maximum atomic E-state index is 12.1. The SMILES string of the molecule is C=C(C)[C@@H]1CC=C(C)/C(=N/NC(=O)c2ccccc2Cl)C1. The van der Waals surface area contributed by atoms with Crippen molar-refractivity contribution >= 4 is 23.2 Å². The Bertz CT molecular complexity index is 631. The van der Waals surface area contributed by atoms with Gasteiger partial charge in [0.2, 0.25) is 0 Å². The van der Waals surface area contributed by atoms with Gasteiger partial charge >= 0.3 is 0 Å². The first-order valence-corrected chi connectivity index (χ1v) is 7.30. The highest BCUT2D eigenvalue weighted by molar-refractivity contribution is 6.33. The summed E-state index contributed by atoms with van der Waals surface area (Å²) in [5.41, 5.74) is 6.17. The molecule has 1 aromatic rings. The fourth-order valence-electron chi connectivity index (χ4n) is 2.25. The Balaban J connectivity index is 2.12. The third-order valence-corrected chi connectivity index (χ3v) is 4.04. The molecule has 0 aliphatic heterocycles. The Morgan fingerprint density at radius 1 is 1.43 bits per heavy atom. The van der Waals surface area contributed by atoms with Gasteiger partial charge in [-0.2, -0.15) is 5.10 Å². The van der Waals surface area contributed by atoms with Gasteiger partial charge in [0.05, 0.1) is 16.3 Å². The van der Waals surface area contributed by atoms with Gasteiger partial charge in [0.1, 0.15) is 0 Å². The molecule has 0 heterocycles. The number of rotatable bonds is 3. The minimum atomic E-state index is -0.293. The lowest BCUT2D eigenvalue weighted by atomic mass is 9.85. The third kappa shape index (κ3) is 3.82. The predicted octanol–water partition coefficient (Wildman–Crippen LogP) is 4.36. The topological polar surface area (TPSA) is 41.5 Å². The molecule has 0 radical (unpaired) electrons. The molecule has 110 valence electrons. The first-order valence-electron chi connectivity index (χ1n) is 6.93. The van der Waals surface area contributed by atoms with Crippen molar-refractivity contribution in [3.63, 3.8) is 0 Å². The predicted molar refractivity (Wildman–Crippen MR) is 87.6 cm³/mol. The molecule has 21 heavy (non-hydrogen) atoms. The molecule has 0 spiro atoms. The molecule has 0 saturated carbocycles. The molecule has 1 aliphatic rings. The van der Waals surface area contributed by atoms with Crippen molar-refractivity contribution in [1.82, 2.24) is 5.43 Å². The Morgan fingerprint density at radius 3 is 2.81 bits per heavy atom. The minimum Gasteiger partial charge on any atom is -0.267 e. The van der Waals surface area contributed by atoms with E-state index in [1.54, 1.807) is 24.3 Å². The van der Waals surface area contributed by atoms with E-state index in [2.05, 4.69) is 23.2 Å². The number of allylic oxidation sites excluding steroid dienone is 3. The summed E-state index contributed by atoms with van der Waals surface area (Å²) >= 11 is 6.00. The number of hydrazone groups is 1. The summed E-state index contributed by atoms with van der Waals surface area (Å²) in [4.78, 5) is 12.1. The van der Waals surface area contributed by atoms with Gasteiger partial charge in [-0.15, -0.1) is 0 Å². The highest BCUT2D eigenvalue weighted by Crippen LogP contribution is 2.26. The molecule has 0 saturated heterocycles. The highest BCUT2D eigenvalue weighted by atomic mass is 35.5. The monoisotopic (exact) mass is 302 g/mol. The van der Waals surface area contributed by atoms with E-state index in [4.69, 9.17) is 11.6 Å². The quantitative estimate of drug-likeness (QED) is 0.654. The van der Waals surface area contributed by atoms with E-state index in [9.17, 15) is 4.79 Å². The number of carbonyl (C=O) groups excluding carboxylic acids is 1. The lowest BCUT2D eigenvalue weighted by Gasteiger charge is -2.22. The van der Waals surface area contributed by atoms with Gasteiger partial charge < -0.3 is 0 Å². The standard InChI is InChI=1S/C17H19ClN2O/c1-11(2)13-9-8-12(3)16(10-13)19-20-17(21)14-6-4-5-7-15(14)18/h4-8,13H,1,9-10H2,2-3H3,(H,20,21)/b19-16+/t13-/m1/s1. The van der Waals surface area contributed by atoms with E-state index >= 15 is 0 Å². The maximum Gasteiger partial charge on any atom is 0.272 e. The summed E-state index contributed by atoms with van der Waals surface area (Å²) in [5.74, 6) is 0.100. The number of benzene rings is 1. The second-order valence-electron chi connectivity index (χ2n) is 5.35. The first kappa shape index (κ1) is 15.5. The minimum absolute atomic E-state index is 0.293. The molecule has 1 aliphatic carbocycles. The Morgan fingerprint density at radius 2 is 2.14 bits per heavy atom. The zero-order valence-electron chi connectivity index (χ0n) is 12.3. The van der Waals surface area contributed by atoms with Crippen LogP contribution >= 0.6 is 11.6 Å². The van der Waals surface area contributed by atoms with Crippen LogP contribution < -0.4 is 5.43 Å². The van der Waals surface area contributed by atoms with Crippen molar-refractivity contribution in [2.45, 2.75) is 26.7 Å². The van der Waals surface area contributed by atoms with E-state index in [1.165, 1.54) is 0 Å². The second-order valence-corrected chi connectivity index (χ2v) is 5.76. The molecule has 1 atom stereocenters. The summed E-state index contributed by atoms with van der Waals surface area (Å²) < 4.78 is 0. The molecule has 1 aromatic carbocycles. The van der Waals surface area contributed by atoms with Gasteiger partial charge in [0, 0.05) is 0 Å². The fourth-order valence-corrected chi connectivity index (χ4v) is 2.47. The molecular weight excluding hydrogens is 284 g/mol. The van der Waals surface area contributed by atoms with Crippen LogP contribution in [-0.4, -0.2) is 11.6 Å². The second kappa shape index (κ2) is 6.72. The Hall–Kier alpha value is -1.87. The molecule has 2 rings (SSSR count). The average molecular weight is 303 g/mol. The smallest absolute Gasteiger partial charge is 0.267 e. The van der Waals surface area contributed by atoms with E-state index < -0.39 is 0 Å². The van der Waals surface area contributed by atoms with Crippen LogP contribution in [0, 0.1) is 5.92 Å². The van der Waals surface area contributed by atoms with Crippen molar-refractivity contribution in [2.24, 2.45) is 11.0 Å². The molecular formula is C17H19ClN2O. The number of carbonyl (C=O) groups is 1. The van der Waals surface area contributed by atoms with Crippen LogP contribution in [0.15, 0.2) is 53.2 Å². The molecule has 4 heteroatoms. The van der Waals surface area contributed by atoms with Crippen LogP contribution in [0.2, 0.25) is 5.02 Å². The van der Waals surface area contributed by atoms with Crippen molar-refractivity contribution < 1.29 is 4.79 Å². The summed E-state index contributed by atoms with van der Waals surface area (Å²) in [6.07, 6.45) is 3.93. The van der Waals surface area contributed by atoms with Crippen LogP contribution in [0.3, 0.4) is 0 Å². The van der Waals surface area contributed by atoms with Crippen LogP contribution in [0.4, 0.5) is 0 Å². The van der Waals surface area contributed by atoms with E-state index in [0.717, 1.165) is 29.7 Å². The van der Waals surface area contributed by atoms with E-state index in [-0.39, 0.29) is 5.91 Å². The maximum absolute atomic E-state index is 12.1. The molecule has 1 N–H and O–H groups in total. The summed E-state index contributed by atoms with van der Waals surface area (Å²) in [6.45, 7) is 8.04. The van der Waals surface area contributed by atoms with Gasteiger partial charge in [-0.05, 0) is 50.3 Å². The van der Waals surface area contributed by atoms with E-state index in [0.29, 0.717) is 16.5 Å². The van der Waals surface area contributed by atoms with E-state index in [1.807, 2.05) is 13.8 Å². The lowest BCUT2D eigenvalue weighted by molar-refractivity contribution is 0.0955. The Kier molecular flexibility index (Phi) is 4.97. The first-order chi connectivity index (χ1) is 9.99. The number of nitrogens with zero attached hydrogens (tertiary/aromatic N) is 1. The number of amides is 1. The zero-order chi connectivity index (χ0) is 15.4. The van der Waals surface area contributed by atoms with Gasteiger partial charge in [0.25, 0.3) is 5.91 Å². The Labute approximate surface area is 130 Å². The lowest BCUT2D eigenvalue weighted by Crippen LogP contribution is -2.23. The molecule has 3 nitrogen and oxygen atoms in total. The highest BCUT2D eigenvalue weighted by Gasteiger charge is 2.19.